The van der Waals surface area contributed by atoms with E-state index in [2.05, 4.69) is 10.3 Å². The molecule has 1 saturated heterocycles. The molecule has 1 N–H and O–H groups in total. The molecule has 1 aromatic rings. The summed E-state index contributed by atoms with van der Waals surface area (Å²) in [6.07, 6.45) is -1.95. The van der Waals surface area contributed by atoms with Gasteiger partial charge in [0.25, 0.3) is 0 Å². The fourth-order valence-corrected chi connectivity index (χ4v) is 5.24. The molecule has 1 aromatic heterocycles. The molecule has 1 aliphatic heterocycles. The molecule has 0 aliphatic carbocycles. The van der Waals surface area contributed by atoms with Crippen LogP contribution in [0.2, 0.25) is 0 Å². The maximum atomic E-state index is 12.6. The molecule has 0 spiro atoms. The molecule has 0 saturated carbocycles. The lowest BCUT2D eigenvalue weighted by molar-refractivity contribution is -0.137. The van der Waals surface area contributed by atoms with Crippen LogP contribution in [-0.2, 0) is 16.0 Å². The van der Waals surface area contributed by atoms with Crippen molar-refractivity contribution in [2.24, 2.45) is 5.92 Å². The Morgan fingerprint density at radius 2 is 2.24 bits per heavy atom. The smallest absolute Gasteiger partial charge is 0.309 e. The molecule has 0 bridgehead atoms. The van der Waals surface area contributed by atoms with E-state index in [1.807, 2.05) is 6.92 Å². The summed E-state index contributed by atoms with van der Waals surface area (Å²) in [6, 6.07) is -0.379. The SMILES string of the molecule is CCCNC(c1cnc(C(F)(F)F)s1)C1CCS(=O)(=O)C1. The third-order valence-electron chi connectivity index (χ3n) is 3.43. The standard InChI is InChI=1S/C12H17F3N2O2S2/c1-2-4-16-10(8-3-5-21(18,19)7-8)9-6-17-11(20-9)12(13,14)15/h6,8,10,16H,2-5,7H2,1H3. The van der Waals surface area contributed by atoms with Gasteiger partial charge >= 0.3 is 6.18 Å². The molecule has 2 rings (SSSR count). The first-order valence-corrected chi connectivity index (χ1v) is 9.33. The fourth-order valence-electron chi connectivity index (χ4n) is 2.45. The Labute approximate surface area is 125 Å². The zero-order chi connectivity index (χ0) is 15.7. The Hall–Kier alpha value is -0.670. The maximum Gasteiger partial charge on any atom is 0.443 e. The van der Waals surface area contributed by atoms with Crippen molar-refractivity contribution in [3.05, 3.63) is 16.1 Å². The van der Waals surface area contributed by atoms with E-state index in [0.717, 1.165) is 6.42 Å². The Kier molecular flexibility index (Phi) is 4.94. The number of rotatable bonds is 5. The summed E-state index contributed by atoms with van der Waals surface area (Å²) in [4.78, 5) is 3.88. The van der Waals surface area contributed by atoms with E-state index in [-0.39, 0.29) is 23.5 Å². The predicted octanol–water partition coefficient (Wildman–Crippen LogP) is 2.64. The predicted molar refractivity (Wildman–Crippen MR) is 74.9 cm³/mol. The Bertz CT molecular complexity index is 584. The molecule has 0 aromatic carbocycles. The third kappa shape index (κ3) is 4.17. The highest BCUT2D eigenvalue weighted by molar-refractivity contribution is 7.91. The van der Waals surface area contributed by atoms with E-state index in [4.69, 9.17) is 0 Å². The average molecular weight is 342 g/mol. The molecule has 2 atom stereocenters. The molecule has 4 nitrogen and oxygen atoms in total. The van der Waals surface area contributed by atoms with Crippen LogP contribution in [0.5, 0.6) is 0 Å². The van der Waals surface area contributed by atoms with Gasteiger partial charge < -0.3 is 5.32 Å². The monoisotopic (exact) mass is 342 g/mol. The summed E-state index contributed by atoms with van der Waals surface area (Å²) in [6.45, 7) is 2.57. The number of nitrogens with one attached hydrogen (secondary N) is 1. The van der Waals surface area contributed by atoms with Gasteiger partial charge in [0.05, 0.1) is 11.5 Å². The first-order valence-electron chi connectivity index (χ1n) is 6.69. The second-order valence-corrected chi connectivity index (χ2v) is 8.45. The van der Waals surface area contributed by atoms with Gasteiger partial charge in [-0.3, -0.25) is 0 Å². The highest BCUT2D eigenvalue weighted by Crippen LogP contribution is 2.38. The van der Waals surface area contributed by atoms with Crippen LogP contribution in [-0.4, -0.2) is 31.5 Å². The number of aromatic nitrogens is 1. The van der Waals surface area contributed by atoms with Gasteiger partial charge in [-0.25, -0.2) is 13.4 Å². The molecule has 2 unspecified atom stereocenters. The molecule has 0 radical (unpaired) electrons. The summed E-state index contributed by atoms with van der Waals surface area (Å²) in [7, 11) is -3.07. The van der Waals surface area contributed by atoms with Crippen LogP contribution in [0, 0.1) is 5.92 Å². The van der Waals surface area contributed by atoms with Crippen molar-refractivity contribution in [2.75, 3.05) is 18.1 Å². The number of sulfone groups is 1. The van der Waals surface area contributed by atoms with Crippen molar-refractivity contribution in [2.45, 2.75) is 32.0 Å². The fraction of sp³-hybridized carbons (Fsp3) is 0.750. The van der Waals surface area contributed by atoms with Gasteiger partial charge in [-0.05, 0) is 25.3 Å². The molecule has 0 amide bonds. The molecule has 1 aliphatic rings. The van der Waals surface area contributed by atoms with Crippen LogP contribution >= 0.6 is 11.3 Å². The van der Waals surface area contributed by atoms with Gasteiger partial charge in [0.1, 0.15) is 0 Å². The lowest BCUT2D eigenvalue weighted by Gasteiger charge is -2.22. The summed E-state index contributed by atoms with van der Waals surface area (Å²) in [5, 5.41) is 2.28. The van der Waals surface area contributed by atoms with Crippen molar-refractivity contribution in [3.8, 4) is 0 Å². The average Bonchev–Trinajstić information content (AvgIpc) is 2.96. The second kappa shape index (κ2) is 6.21. The first-order chi connectivity index (χ1) is 9.73. The highest BCUT2D eigenvalue weighted by Gasteiger charge is 2.38. The molecule has 1 fully saturated rings. The van der Waals surface area contributed by atoms with Crippen molar-refractivity contribution >= 4 is 21.2 Å². The lowest BCUT2D eigenvalue weighted by Crippen LogP contribution is -2.29. The molecule has 120 valence electrons. The normalized spacial score (nSPS) is 23.3. The van der Waals surface area contributed by atoms with E-state index in [1.54, 1.807) is 0 Å². The summed E-state index contributed by atoms with van der Waals surface area (Å²) in [5.74, 6) is -0.0661. The van der Waals surface area contributed by atoms with Gasteiger partial charge in [0.15, 0.2) is 14.8 Å². The number of alkyl halides is 3. The third-order valence-corrected chi connectivity index (χ3v) is 6.34. The van der Waals surface area contributed by atoms with Gasteiger partial charge in [-0.15, -0.1) is 11.3 Å². The zero-order valence-electron chi connectivity index (χ0n) is 11.5. The van der Waals surface area contributed by atoms with Crippen LogP contribution in [0.3, 0.4) is 0 Å². The molecule has 9 heteroatoms. The Morgan fingerprint density at radius 1 is 1.52 bits per heavy atom. The van der Waals surface area contributed by atoms with Gasteiger partial charge in [-0.2, -0.15) is 13.2 Å². The number of nitrogens with zero attached hydrogens (tertiary/aromatic N) is 1. The number of thiazole rings is 1. The summed E-state index contributed by atoms with van der Waals surface area (Å²) in [5.41, 5.74) is 0. The van der Waals surface area contributed by atoms with Crippen LogP contribution < -0.4 is 5.32 Å². The van der Waals surface area contributed by atoms with E-state index in [9.17, 15) is 21.6 Å². The van der Waals surface area contributed by atoms with Crippen molar-refractivity contribution in [1.82, 2.24) is 10.3 Å². The largest absolute Gasteiger partial charge is 0.443 e. The van der Waals surface area contributed by atoms with Crippen LogP contribution in [0.1, 0.15) is 35.7 Å². The van der Waals surface area contributed by atoms with Crippen LogP contribution in [0.25, 0.3) is 0 Å². The van der Waals surface area contributed by atoms with E-state index < -0.39 is 21.0 Å². The summed E-state index contributed by atoms with van der Waals surface area (Å²) >= 11 is 0.592. The highest BCUT2D eigenvalue weighted by atomic mass is 32.2. The minimum Gasteiger partial charge on any atom is -0.309 e. The van der Waals surface area contributed by atoms with Crippen molar-refractivity contribution in [1.29, 1.82) is 0 Å². The summed E-state index contributed by atoms with van der Waals surface area (Å²) < 4.78 is 61.1. The lowest BCUT2D eigenvalue weighted by atomic mass is 9.98. The zero-order valence-corrected chi connectivity index (χ0v) is 13.1. The molecular weight excluding hydrogens is 325 g/mol. The molecular formula is C12H17F3N2O2S2. The number of hydrogen-bond donors (Lipinski definition) is 1. The van der Waals surface area contributed by atoms with E-state index >= 15 is 0 Å². The Balaban J connectivity index is 2.22. The second-order valence-electron chi connectivity index (χ2n) is 5.16. The van der Waals surface area contributed by atoms with Gasteiger partial charge in [-0.1, -0.05) is 6.92 Å². The van der Waals surface area contributed by atoms with Crippen molar-refractivity contribution in [3.63, 3.8) is 0 Å². The van der Waals surface area contributed by atoms with E-state index in [0.29, 0.717) is 29.2 Å². The topological polar surface area (TPSA) is 59.1 Å². The Morgan fingerprint density at radius 3 is 2.71 bits per heavy atom. The van der Waals surface area contributed by atoms with Crippen LogP contribution in [0.4, 0.5) is 13.2 Å². The molecule has 21 heavy (non-hydrogen) atoms. The quantitative estimate of drug-likeness (QED) is 0.894. The number of halogens is 3. The first kappa shape index (κ1) is 16.7. The minimum atomic E-state index is -4.46. The minimum absolute atomic E-state index is 0.0215. The van der Waals surface area contributed by atoms with Crippen LogP contribution in [0.15, 0.2) is 6.20 Å². The maximum absolute atomic E-state index is 12.6. The van der Waals surface area contributed by atoms with E-state index in [1.165, 1.54) is 6.20 Å². The van der Waals surface area contributed by atoms with Crippen molar-refractivity contribution < 1.29 is 21.6 Å². The molecule has 2 heterocycles. The van der Waals surface area contributed by atoms with Gasteiger partial charge in [0.2, 0.25) is 0 Å². The van der Waals surface area contributed by atoms with Gasteiger partial charge in [0, 0.05) is 17.1 Å². The number of hydrogen-bond acceptors (Lipinski definition) is 5.